The second-order valence-corrected chi connectivity index (χ2v) is 8.03. The van der Waals surface area contributed by atoms with Gasteiger partial charge in [0.05, 0.1) is 18.0 Å². The Morgan fingerprint density at radius 2 is 1.94 bits per heavy atom. The highest BCUT2D eigenvalue weighted by molar-refractivity contribution is 6.05. The number of H-pyrrole nitrogens is 1. The SMILES string of the molecule is COCc1ccccc1-c1cc(-c2ccc3c(c2)CN(C2CCC(=O)NC2=O)C3=O)n[nH]1. The molecule has 1 fully saturated rings. The monoisotopic (exact) mass is 430 g/mol. The number of methoxy groups -OCH3 is 1. The fourth-order valence-electron chi connectivity index (χ4n) is 4.41. The molecule has 1 aromatic heterocycles. The van der Waals surface area contributed by atoms with Crippen LogP contribution in [-0.4, -0.2) is 46.0 Å². The van der Waals surface area contributed by atoms with E-state index >= 15 is 0 Å². The van der Waals surface area contributed by atoms with Gasteiger partial charge in [0.2, 0.25) is 11.8 Å². The molecule has 8 nitrogen and oxygen atoms in total. The molecule has 3 amide bonds. The van der Waals surface area contributed by atoms with Crippen molar-refractivity contribution in [2.24, 2.45) is 0 Å². The van der Waals surface area contributed by atoms with E-state index in [0.29, 0.717) is 25.1 Å². The highest BCUT2D eigenvalue weighted by Crippen LogP contribution is 2.32. The lowest BCUT2D eigenvalue weighted by Gasteiger charge is -2.29. The third kappa shape index (κ3) is 3.48. The first-order valence-corrected chi connectivity index (χ1v) is 10.5. The van der Waals surface area contributed by atoms with Crippen molar-refractivity contribution in [3.63, 3.8) is 0 Å². The number of aromatic nitrogens is 2. The first-order valence-electron chi connectivity index (χ1n) is 10.5. The van der Waals surface area contributed by atoms with E-state index in [4.69, 9.17) is 4.74 Å². The molecule has 1 saturated heterocycles. The molecule has 2 aromatic carbocycles. The van der Waals surface area contributed by atoms with Crippen LogP contribution in [0.4, 0.5) is 0 Å². The molecule has 2 N–H and O–H groups in total. The first kappa shape index (κ1) is 20.1. The molecule has 1 unspecified atom stereocenters. The summed E-state index contributed by atoms with van der Waals surface area (Å²) in [5, 5.41) is 9.90. The van der Waals surface area contributed by atoms with Crippen LogP contribution in [0, 0.1) is 0 Å². The van der Waals surface area contributed by atoms with Gasteiger partial charge in [-0.3, -0.25) is 24.8 Å². The number of piperidine rings is 1. The molecule has 162 valence electrons. The van der Waals surface area contributed by atoms with Crippen LogP contribution < -0.4 is 5.32 Å². The summed E-state index contributed by atoms with van der Waals surface area (Å²) in [6, 6.07) is 14.9. The summed E-state index contributed by atoms with van der Waals surface area (Å²) in [5.41, 5.74) is 6.05. The summed E-state index contributed by atoms with van der Waals surface area (Å²) in [6.07, 6.45) is 0.587. The molecule has 0 aliphatic carbocycles. The minimum Gasteiger partial charge on any atom is -0.380 e. The summed E-state index contributed by atoms with van der Waals surface area (Å²) in [6.45, 7) is 0.837. The maximum atomic E-state index is 12.9. The Morgan fingerprint density at radius 3 is 2.75 bits per heavy atom. The van der Waals surface area contributed by atoms with Crippen LogP contribution >= 0.6 is 0 Å². The van der Waals surface area contributed by atoms with Gasteiger partial charge in [-0.25, -0.2) is 0 Å². The van der Waals surface area contributed by atoms with Crippen molar-refractivity contribution in [2.45, 2.75) is 32.0 Å². The lowest BCUT2D eigenvalue weighted by atomic mass is 10.0. The zero-order valence-electron chi connectivity index (χ0n) is 17.6. The van der Waals surface area contributed by atoms with Gasteiger partial charge in [0.15, 0.2) is 0 Å². The number of imide groups is 1. The largest absolute Gasteiger partial charge is 0.380 e. The molecule has 1 atom stereocenters. The Morgan fingerprint density at radius 1 is 1.09 bits per heavy atom. The van der Waals surface area contributed by atoms with E-state index in [1.807, 2.05) is 42.5 Å². The van der Waals surface area contributed by atoms with Crippen LogP contribution in [0.3, 0.4) is 0 Å². The summed E-state index contributed by atoms with van der Waals surface area (Å²) in [5.74, 6) is -0.884. The van der Waals surface area contributed by atoms with Gasteiger partial charge in [-0.2, -0.15) is 5.10 Å². The van der Waals surface area contributed by atoms with Crippen molar-refractivity contribution < 1.29 is 19.1 Å². The average Bonchev–Trinajstić information content (AvgIpc) is 3.40. The van der Waals surface area contributed by atoms with Gasteiger partial charge in [-0.05, 0) is 35.7 Å². The molecule has 0 radical (unpaired) electrons. The topological polar surface area (TPSA) is 104 Å². The van der Waals surface area contributed by atoms with Crippen LogP contribution in [0.25, 0.3) is 22.5 Å². The fourth-order valence-corrected chi connectivity index (χ4v) is 4.41. The smallest absolute Gasteiger partial charge is 0.255 e. The second kappa shape index (κ2) is 8.05. The minimum absolute atomic E-state index is 0.183. The van der Waals surface area contributed by atoms with Gasteiger partial charge in [-0.15, -0.1) is 0 Å². The molecular formula is C24H22N4O4. The Labute approximate surface area is 184 Å². The maximum Gasteiger partial charge on any atom is 0.255 e. The van der Waals surface area contributed by atoms with Crippen molar-refractivity contribution in [2.75, 3.05) is 7.11 Å². The van der Waals surface area contributed by atoms with E-state index in [1.54, 1.807) is 18.1 Å². The molecule has 8 heteroatoms. The number of nitrogens with one attached hydrogen (secondary N) is 2. The van der Waals surface area contributed by atoms with E-state index in [9.17, 15) is 14.4 Å². The molecule has 0 spiro atoms. The molecule has 2 aliphatic heterocycles. The van der Waals surface area contributed by atoms with Crippen LogP contribution in [0.1, 0.15) is 34.3 Å². The summed E-state index contributed by atoms with van der Waals surface area (Å²) < 4.78 is 5.30. The molecule has 5 rings (SSSR count). The standard InChI is InChI=1S/C24H22N4O4/c1-32-13-15-4-2-3-5-17(15)20-11-19(26-27-20)14-6-7-18-16(10-14)12-28(24(18)31)21-8-9-22(29)25-23(21)30/h2-7,10-11,21H,8-9,12-13H2,1H3,(H,26,27)(H,25,29,30). The molecule has 0 saturated carbocycles. The van der Waals surface area contributed by atoms with Crippen LogP contribution in [0.2, 0.25) is 0 Å². The van der Waals surface area contributed by atoms with Crippen molar-refractivity contribution in [1.29, 1.82) is 0 Å². The van der Waals surface area contributed by atoms with Crippen molar-refractivity contribution in [3.05, 3.63) is 65.2 Å². The molecule has 3 aromatic rings. The number of hydrogen-bond donors (Lipinski definition) is 2. The van der Waals surface area contributed by atoms with Crippen LogP contribution in [0.5, 0.6) is 0 Å². The number of hydrogen-bond acceptors (Lipinski definition) is 5. The zero-order valence-corrected chi connectivity index (χ0v) is 17.6. The molecule has 3 heterocycles. The Balaban J connectivity index is 1.41. The molecule has 0 bridgehead atoms. The number of rotatable bonds is 5. The molecular weight excluding hydrogens is 408 g/mol. The number of amides is 3. The number of carbonyl (C=O) groups excluding carboxylic acids is 3. The predicted molar refractivity (Wildman–Crippen MR) is 116 cm³/mol. The van der Waals surface area contributed by atoms with E-state index in [2.05, 4.69) is 15.5 Å². The van der Waals surface area contributed by atoms with E-state index in [-0.39, 0.29) is 18.2 Å². The van der Waals surface area contributed by atoms with E-state index in [0.717, 1.165) is 33.6 Å². The van der Waals surface area contributed by atoms with Crippen LogP contribution in [0.15, 0.2) is 48.5 Å². The minimum atomic E-state index is -0.620. The van der Waals surface area contributed by atoms with Crippen molar-refractivity contribution >= 4 is 17.7 Å². The average molecular weight is 430 g/mol. The van der Waals surface area contributed by atoms with Gasteiger partial charge in [0.1, 0.15) is 6.04 Å². The molecule has 2 aliphatic rings. The highest BCUT2D eigenvalue weighted by atomic mass is 16.5. The Bertz CT molecular complexity index is 1230. The van der Waals surface area contributed by atoms with E-state index < -0.39 is 11.9 Å². The zero-order chi connectivity index (χ0) is 22.2. The Hall–Kier alpha value is -3.78. The van der Waals surface area contributed by atoms with Gasteiger partial charge in [0, 0.05) is 36.8 Å². The summed E-state index contributed by atoms with van der Waals surface area (Å²) >= 11 is 0. The van der Waals surface area contributed by atoms with Crippen LogP contribution in [-0.2, 0) is 27.5 Å². The molecule has 32 heavy (non-hydrogen) atoms. The number of fused-ring (bicyclic) bond motifs is 1. The van der Waals surface area contributed by atoms with E-state index in [1.165, 1.54) is 0 Å². The third-order valence-corrected chi connectivity index (χ3v) is 6.00. The number of aromatic amines is 1. The Kier molecular flexibility index (Phi) is 5.07. The van der Waals surface area contributed by atoms with Gasteiger partial charge < -0.3 is 9.64 Å². The van der Waals surface area contributed by atoms with Gasteiger partial charge in [-0.1, -0.05) is 30.3 Å². The van der Waals surface area contributed by atoms with Gasteiger partial charge >= 0.3 is 0 Å². The highest BCUT2D eigenvalue weighted by Gasteiger charge is 2.39. The maximum absolute atomic E-state index is 12.9. The normalized spacial score (nSPS) is 18.1. The van der Waals surface area contributed by atoms with Crippen molar-refractivity contribution in [3.8, 4) is 22.5 Å². The predicted octanol–water partition coefficient (Wildman–Crippen LogP) is 2.65. The van der Waals surface area contributed by atoms with Gasteiger partial charge in [0.25, 0.3) is 5.91 Å². The number of carbonyl (C=O) groups is 3. The first-order chi connectivity index (χ1) is 15.5. The summed E-state index contributed by atoms with van der Waals surface area (Å²) in [7, 11) is 1.67. The third-order valence-electron chi connectivity index (χ3n) is 6.00. The quantitative estimate of drug-likeness (QED) is 0.606. The number of benzene rings is 2. The fraction of sp³-hybridized carbons (Fsp3) is 0.250. The second-order valence-electron chi connectivity index (χ2n) is 8.03. The lowest BCUT2D eigenvalue weighted by Crippen LogP contribution is -2.52. The lowest BCUT2D eigenvalue weighted by molar-refractivity contribution is -0.136. The number of nitrogens with zero attached hydrogens (tertiary/aromatic N) is 2. The summed E-state index contributed by atoms with van der Waals surface area (Å²) in [4.78, 5) is 38.1. The van der Waals surface area contributed by atoms with Crippen molar-refractivity contribution in [1.82, 2.24) is 20.4 Å². The number of ether oxygens (including phenoxy) is 1.